The van der Waals surface area contributed by atoms with Gasteiger partial charge in [0.05, 0.1) is 5.69 Å². The zero-order chi connectivity index (χ0) is 39.7. The van der Waals surface area contributed by atoms with Crippen molar-refractivity contribution in [3.63, 3.8) is 0 Å². The average Bonchev–Trinajstić information content (AvgIpc) is 3.80. The van der Waals surface area contributed by atoms with Crippen molar-refractivity contribution in [3.8, 4) is 33.4 Å². The van der Waals surface area contributed by atoms with Crippen LogP contribution in [-0.4, -0.2) is 0 Å². The largest absolute Gasteiger partial charge is 0.456 e. The standard InChI is InChI=1S/C56H47NO/c1-54(2,3)36-24-30-49-45(32-36)51-50(58-49)31-29-44-43-19-13-21-48(52(43)56(6,7)53(44)51)57(38-27-28-42-41-17-10-11-20-46(41)55(4,5)47(42)33-38)37-25-22-35(23-26-37)40-18-12-15-34-14-8-9-16-39(34)40/h8-33H,1-7H3. The van der Waals surface area contributed by atoms with Gasteiger partial charge in [0.25, 0.3) is 0 Å². The molecule has 0 unspecified atom stereocenters. The van der Waals surface area contributed by atoms with Crippen molar-refractivity contribution < 1.29 is 4.42 Å². The number of anilines is 3. The summed E-state index contributed by atoms with van der Waals surface area (Å²) in [6, 6.07) is 58.7. The summed E-state index contributed by atoms with van der Waals surface area (Å²) in [6.45, 7) is 16.4. The fraction of sp³-hybridized carbons (Fsp3) is 0.179. The minimum Gasteiger partial charge on any atom is -0.456 e. The molecule has 0 saturated carbocycles. The van der Waals surface area contributed by atoms with Gasteiger partial charge in [0.1, 0.15) is 11.2 Å². The lowest BCUT2D eigenvalue weighted by molar-refractivity contribution is 0.590. The predicted octanol–water partition coefficient (Wildman–Crippen LogP) is 15.8. The Labute approximate surface area is 341 Å². The maximum Gasteiger partial charge on any atom is 0.135 e. The quantitative estimate of drug-likeness (QED) is 0.178. The van der Waals surface area contributed by atoms with Gasteiger partial charge in [-0.2, -0.15) is 0 Å². The normalized spacial score (nSPS) is 14.7. The van der Waals surface area contributed by atoms with Crippen LogP contribution in [0.3, 0.4) is 0 Å². The third kappa shape index (κ3) is 4.91. The first-order chi connectivity index (χ1) is 27.9. The summed E-state index contributed by atoms with van der Waals surface area (Å²) in [5.74, 6) is 0. The highest BCUT2D eigenvalue weighted by atomic mass is 16.3. The van der Waals surface area contributed by atoms with Crippen molar-refractivity contribution in [3.05, 3.63) is 186 Å². The number of hydrogen-bond donors (Lipinski definition) is 0. The molecule has 2 aliphatic carbocycles. The minimum absolute atomic E-state index is 0.0246. The second-order valence-corrected chi connectivity index (χ2v) is 18.6. The second kappa shape index (κ2) is 12.1. The van der Waals surface area contributed by atoms with Gasteiger partial charge in [0.15, 0.2) is 0 Å². The van der Waals surface area contributed by atoms with Crippen LogP contribution in [0.4, 0.5) is 17.1 Å². The molecule has 11 rings (SSSR count). The Bertz CT molecular complexity index is 3140. The molecule has 0 saturated heterocycles. The fourth-order valence-corrected chi connectivity index (χ4v) is 10.5. The lowest BCUT2D eigenvalue weighted by atomic mass is 9.79. The maximum atomic E-state index is 6.61. The van der Waals surface area contributed by atoms with Gasteiger partial charge in [-0.15, -0.1) is 0 Å². The van der Waals surface area contributed by atoms with E-state index in [2.05, 4.69) is 211 Å². The van der Waals surface area contributed by atoms with E-state index in [9.17, 15) is 0 Å². The molecule has 0 aliphatic heterocycles. The van der Waals surface area contributed by atoms with Crippen LogP contribution in [0.2, 0.25) is 0 Å². The van der Waals surface area contributed by atoms with Crippen LogP contribution in [0.5, 0.6) is 0 Å². The third-order valence-electron chi connectivity index (χ3n) is 13.4. The molecule has 2 aliphatic rings. The van der Waals surface area contributed by atoms with Gasteiger partial charge in [-0.05, 0) is 126 Å². The number of furan rings is 1. The topological polar surface area (TPSA) is 16.4 Å². The zero-order valence-corrected chi connectivity index (χ0v) is 34.4. The molecule has 1 heterocycles. The first-order valence-corrected chi connectivity index (χ1v) is 20.7. The summed E-state index contributed by atoms with van der Waals surface area (Å²) in [4.78, 5) is 2.51. The van der Waals surface area contributed by atoms with Crippen molar-refractivity contribution in [2.24, 2.45) is 0 Å². The molecule has 0 fully saturated rings. The molecule has 0 N–H and O–H groups in total. The van der Waals surface area contributed by atoms with Crippen LogP contribution < -0.4 is 4.90 Å². The van der Waals surface area contributed by atoms with E-state index in [4.69, 9.17) is 4.42 Å². The molecule has 0 radical (unpaired) electrons. The molecule has 0 bridgehead atoms. The summed E-state index contributed by atoms with van der Waals surface area (Å²) in [7, 11) is 0. The molecule has 2 nitrogen and oxygen atoms in total. The van der Waals surface area contributed by atoms with E-state index in [1.54, 1.807) is 0 Å². The van der Waals surface area contributed by atoms with Gasteiger partial charge in [0, 0.05) is 33.0 Å². The van der Waals surface area contributed by atoms with Gasteiger partial charge < -0.3 is 9.32 Å². The SMILES string of the molecule is CC(C)(C)c1ccc2oc3ccc4c(c3c2c1)C(C)(C)c1c-4cccc1N(c1ccc(-c2cccc3ccccc23)cc1)c1ccc2c(c1)C(C)(C)c1ccccc1-2. The van der Waals surface area contributed by atoms with E-state index in [0.29, 0.717) is 0 Å². The molecule has 282 valence electrons. The predicted molar refractivity (Wildman–Crippen MR) is 245 cm³/mol. The van der Waals surface area contributed by atoms with Crippen molar-refractivity contribution in [1.82, 2.24) is 0 Å². The number of fused-ring (bicyclic) bond motifs is 11. The molecule has 0 spiro atoms. The van der Waals surface area contributed by atoms with E-state index in [0.717, 1.165) is 22.5 Å². The van der Waals surface area contributed by atoms with Gasteiger partial charge in [0.2, 0.25) is 0 Å². The third-order valence-corrected chi connectivity index (χ3v) is 13.4. The van der Waals surface area contributed by atoms with Crippen molar-refractivity contribution >= 4 is 49.8 Å². The Balaban J connectivity index is 1.13. The van der Waals surface area contributed by atoms with Gasteiger partial charge in [-0.25, -0.2) is 0 Å². The lowest BCUT2D eigenvalue weighted by Gasteiger charge is -2.33. The zero-order valence-electron chi connectivity index (χ0n) is 34.4. The summed E-state index contributed by atoms with van der Waals surface area (Å²) < 4.78 is 6.61. The summed E-state index contributed by atoms with van der Waals surface area (Å²) >= 11 is 0. The first kappa shape index (κ1) is 34.8. The van der Waals surface area contributed by atoms with Crippen LogP contribution in [0.1, 0.15) is 76.3 Å². The smallest absolute Gasteiger partial charge is 0.135 e. The maximum absolute atomic E-state index is 6.61. The van der Waals surface area contributed by atoms with Crippen LogP contribution >= 0.6 is 0 Å². The molecule has 0 atom stereocenters. The Hall–Kier alpha value is -6.38. The van der Waals surface area contributed by atoms with Crippen molar-refractivity contribution in [1.29, 1.82) is 0 Å². The minimum atomic E-state index is -0.331. The summed E-state index contributed by atoms with van der Waals surface area (Å²) in [6.07, 6.45) is 0. The second-order valence-electron chi connectivity index (χ2n) is 18.6. The van der Waals surface area contributed by atoms with Crippen LogP contribution in [-0.2, 0) is 16.2 Å². The molecule has 0 amide bonds. The molecular weight excluding hydrogens is 703 g/mol. The lowest BCUT2D eigenvalue weighted by Crippen LogP contribution is -2.21. The highest BCUT2D eigenvalue weighted by molar-refractivity contribution is 6.12. The van der Waals surface area contributed by atoms with Gasteiger partial charge >= 0.3 is 0 Å². The highest BCUT2D eigenvalue weighted by Crippen LogP contribution is 2.58. The average molecular weight is 750 g/mol. The van der Waals surface area contributed by atoms with Gasteiger partial charge in [-0.3, -0.25) is 0 Å². The molecule has 1 aromatic heterocycles. The number of rotatable bonds is 4. The molecule has 58 heavy (non-hydrogen) atoms. The van der Waals surface area contributed by atoms with Crippen LogP contribution in [0.15, 0.2) is 162 Å². The van der Waals surface area contributed by atoms with E-state index >= 15 is 0 Å². The van der Waals surface area contributed by atoms with Gasteiger partial charge in [-0.1, -0.05) is 158 Å². The highest BCUT2D eigenvalue weighted by Gasteiger charge is 2.42. The van der Waals surface area contributed by atoms with E-state index in [1.807, 2.05) is 0 Å². The van der Waals surface area contributed by atoms with Crippen LogP contribution in [0, 0.1) is 0 Å². The molecule has 8 aromatic carbocycles. The van der Waals surface area contributed by atoms with Crippen LogP contribution in [0.25, 0.3) is 66.1 Å². The van der Waals surface area contributed by atoms with E-state index in [-0.39, 0.29) is 16.2 Å². The number of benzene rings is 8. The van der Waals surface area contributed by atoms with Crippen molar-refractivity contribution in [2.75, 3.05) is 4.90 Å². The van der Waals surface area contributed by atoms with Crippen molar-refractivity contribution in [2.45, 2.75) is 64.7 Å². The first-order valence-electron chi connectivity index (χ1n) is 20.7. The number of hydrogen-bond acceptors (Lipinski definition) is 2. The number of nitrogens with zero attached hydrogens (tertiary/aromatic N) is 1. The summed E-state index contributed by atoms with van der Waals surface area (Å²) in [5, 5.41) is 4.95. The summed E-state index contributed by atoms with van der Waals surface area (Å²) in [5.41, 5.74) is 19.4. The molecular formula is C56H47NO. The molecule has 9 aromatic rings. The monoisotopic (exact) mass is 749 g/mol. The van der Waals surface area contributed by atoms with E-state index in [1.165, 1.54) is 88.4 Å². The van der Waals surface area contributed by atoms with E-state index < -0.39 is 0 Å². The Morgan fingerprint density at radius 1 is 0.466 bits per heavy atom. The Kier molecular flexibility index (Phi) is 7.25. The Morgan fingerprint density at radius 3 is 1.93 bits per heavy atom. The molecule has 2 heteroatoms. The Morgan fingerprint density at radius 2 is 1.10 bits per heavy atom. The fourth-order valence-electron chi connectivity index (χ4n) is 10.5.